The van der Waals surface area contributed by atoms with E-state index in [0.29, 0.717) is 25.9 Å². The summed E-state index contributed by atoms with van der Waals surface area (Å²) in [5.41, 5.74) is 2.29. The SMILES string of the molecule is C[C@H]1CN(C(=O)CCc2ccnn2C)Cc2nnc(Cc3ccccc3)n21. The number of fused-ring (bicyclic) bond motifs is 1. The molecule has 0 aliphatic carbocycles. The highest BCUT2D eigenvalue weighted by atomic mass is 16.2. The van der Waals surface area contributed by atoms with Crippen LogP contribution in [0.5, 0.6) is 0 Å². The lowest BCUT2D eigenvalue weighted by molar-refractivity contribution is -0.133. The Morgan fingerprint density at radius 3 is 2.74 bits per heavy atom. The van der Waals surface area contributed by atoms with Gasteiger partial charge in [0.15, 0.2) is 5.82 Å². The molecule has 0 saturated heterocycles. The van der Waals surface area contributed by atoms with Crippen LogP contribution in [0.25, 0.3) is 0 Å². The van der Waals surface area contributed by atoms with Gasteiger partial charge < -0.3 is 9.47 Å². The van der Waals surface area contributed by atoms with Crippen molar-refractivity contribution in [2.75, 3.05) is 6.54 Å². The molecule has 140 valence electrons. The van der Waals surface area contributed by atoms with Crippen LogP contribution < -0.4 is 0 Å². The van der Waals surface area contributed by atoms with Crippen LogP contribution in [0.1, 0.15) is 42.3 Å². The Kier molecular flexibility index (Phi) is 4.75. The van der Waals surface area contributed by atoms with Gasteiger partial charge in [-0.15, -0.1) is 10.2 Å². The number of nitrogens with zero attached hydrogens (tertiary/aromatic N) is 6. The van der Waals surface area contributed by atoms with E-state index in [1.54, 1.807) is 6.20 Å². The number of hydrogen-bond donors (Lipinski definition) is 0. The highest BCUT2D eigenvalue weighted by Gasteiger charge is 2.28. The van der Waals surface area contributed by atoms with Crippen LogP contribution in [0.15, 0.2) is 42.6 Å². The zero-order valence-electron chi connectivity index (χ0n) is 15.7. The summed E-state index contributed by atoms with van der Waals surface area (Å²) in [4.78, 5) is 14.6. The summed E-state index contributed by atoms with van der Waals surface area (Å²) in [6.07, 6.45) is 3.70. The number of amides is 1. The maximum Gasteiger partial charge on any atom is 0.223 e. The number of aromatic nitrogens is 5. The zero-order valence-corrected chi connectivity index (χ0v) is 15.7. The molecule has 0 radical (unpaired) electrons. The Hall–Kier alpha value is -2.96. The van der Waals surface area contributed by atoms with Crippen LogP contribution >= 0.6 is 0 Å². The van der Waals surface area contributed by atoms with E-state index in [4.69, 9.17) is 0 Å². The summed E-state index contributed by atoms with van der Waals surface area (Å²) >= 11 is 0. The van der Waals surface area contributed by atoms with Gasteiger partial charge in [0.2, 0.25) is 5.91 Å². The van der Waals surface area contributed by atoms with Crippen molar-refractivity contribution in [1.82, 2.24) is 29.4 Å². The first-order chi connectivity index (χ1) is 13.1. The molecule has 27 heavy (non-hydrogen) atoms. The lowest BCUT2D eigenvalue weighted by Crippen LogP contribution is -2.41. The molecule has 3 heterocycles. The van der Waals surface area contributed by atoms with Gasteiger partial charge in [-0.05, 0) is 25.0 Å². The van der Waals surface area contributed by atoms with Crippen molar-refractivity contribution in [3.8, 4) is 0 Å². The second-order valence-electron chi connectivity index (χ2n) is 7.13. The Bertz CT molecular complexity index is 929. The maximum absolute atomic E-state index is 12.7. The van der Waals surface area contributed by atoms with Gasteiger partial charge >= 0.3 is 0 Å². The summed E-state index contributed by atoms with van der Waals surface area (Å²) in [6.45, 7) is 3.34. The van der Waals surface area contributed by atoms with E-state index >= 15 is 0 Å². The fourth-order valence-corrected chi connectivity index (χ4v) is 3.74. The predicted molar refractivity (Wildman–Crippen MR) is 101 cm³/mol. The summed E-state index contributed by atoms with van der Waals surface area (Å²) < 4.78 is 4.01. The van der Waals surface area contributed by atoms with Crippen molar-refractivity contribution in [3.05, 3.63) is 65.5 Å². The van der Waals surface area contributed by atoms with Gasteiger partial charge in [0.1, 0.15) is 5.82 Å². The van der Waals surface area contributed by atoms with E-state index in [0.717, 1.165) is 23.8 Å². The number of carbonyl (C=O) groups is 1. The molecule has 2 aromatic heterocycles. The summed E-state index contributed by atoms with van der Waals surface area (Å²) in [6, 6.07) is 12.4. The molecule has 1 aliphatic rings. The van der Waals surface area contributed by atoms with Gasteiger partial charge in [0, 0.05) is 38.3 Å². The topological polar surface area (TPSA) is 68.8 Å². The number of carbonyl (C=O) groups excluding carboxylic acids is 1. The molecule has 7 heteroatoms. The first-order valence-corrected chi connectivity index (χ1v) is 9.33. The third kappa shape index (κ3) is 3.63. The molecule has 0 bridgehead atoms. The lowest BCUT2D eigenvalue weighted by atomic mass is 10.1. The molecule has 1 atom stereocenters. The Morgan fingerprint density at radius 1 is 1.19 bits per heavy atom. The van der Waals surface area contributed by atoms with Gasteiger partial charge in [0.25, 0.3) is 0 Å². The van der Waals surface area contributed by atoms with Gasteiger partial charge in [-0.3, -0.25) is 9.48 Å². The molecule has 7 nitrogen and oxygen atoms in total. The fraction of sp³-hybridized carbons (Fsp3) is 0.400. The average molecular weight is 364 g/mol. The Balaban J connectivity index is 1.44. The minimum Gasteiger partial charge on any atom is -0.333 e. The van der Waals surface area contributed by atoms with Crippen LogP contribution in [-0.2, 0) is 31.2 Å². The molecule has 1 aliphatic heterocycles. The van der Waals surface area contributed by atoms with Crippen molar-refractivity contribution in [1.29, 1.82) is 0 Å². The number of hydrogen-bond acceptors (Lipinski definition) is 4. The highest BCUT2D eigenvalue weighted by molar-refractivity contribution is 5.76. The second-order valence-corrected chi connectivity index (χ2v) is 7.13. The van der Waals surface area contributed by atoms with E-state index < -0.39 is 0 Å². The average Bonchev–Trinajstić information content (AvgIpc) is 3.27. The molecule has 1 aromatic carbocycles. The van der Waals surface area contributed by atoms with Gasteiger partial charge in [0.05, 0.1) is 12.6 Å². The smallest absolute Gasteiger partial charge is 0.223 e. The zero-order chi connectivity index (χ0) is 18.8. The molecule has 0 N–H and O–H groups in total. The summed E-state index contributed by atoms with van der Waals surface area (Å²) in [5.74, 6) is 1.99. The normalized spacial score (nSPS) is 16.4. The van der Waals surface area contributed by atoms with E-state index in [9.17, 15) is 4.79 Å². The predicted octanol–water partition coefficient (Wildman–Crippen LogP) is 2.14. The molecule has 0 unspecified atom stereocenters. The van der Waals surface area contributed by atoms with Crippen LogP contribution in [0.3, 0.4) is 0 Å². The van der Waals surface area contributed by atoms with Crippen LogP contribution in [-0.4, -0.2) is 41.9 Å². The van der Waals surface area contributed by atoms with Crippen LogP contribution in [0, 0.1) is 0 Å². The Labute approximate surface area is 158 Å². The van der Waals surface area contributed by atoms with Crippen LogP contribution in [0.4, 0.5) is 0 Å². The molecule has 1 amide bonds. The second kappa shape index (κ2) is 7.34. The molecule has 4 rings (SSSR count). The van der Waals surface area contributed by atoms with Crippen molar-refractivity contribution < 1.29 is 4.79 Å². The monoisotopic (exact) mass is 364 g/mol. The van der Waals surface area contributed by atoms with Gasteiger partial charge in [-0.25, -0.2) is 0 Å². The number of rotatable bonds is 5. The third-order valence-electron chi connectivity index (χ3n) is 5.17. The third-order valence-corrected chi connectivity index (χ3v) is 5.17. The molecule has 0 fully saturated rings. The van der Waals surface area contributed by atoms with E-state index in [2.05, 4.69) is 38.9 Å². The minimum atomic E-state index is 0.155. The first-order valence-electron chi connectivity index (χ1n) is 9.33. The molecular weight excluding hydrogens is 340 g/mol. The number of benzene rings is 1. The Morgan fingerprint density at radius 2 is 2.00 bits per heavy atom. The standard InChI is InChI=1S/C20H24N6O/c1-15-13-25(20(27)9-8-17-10-11-21-24(17)2)14-19-23-22-18(26(15)19)12-16-6-4-3-5-7-16/h3-7,10-11,15H,8-9,12-14H2,1-2H3/t15-/m0/s1. The van der Waals surface area contributed by atoms with Crippen molar-refractivity contribution in [2.24, 2.45) is 7.05 Å². The fourth-order valence-electron chi connectivity index (χ4n) is 3.74. The largest absolute Gasteiger partial charge is 0.333 e. The van der Waals surface area contributed by atoms with Crippen LogP contribution in [0.2, 0.25) is 0 Å². The van der Waals surface area contributed by atoms with E-state index in [1.165, 1.54) is 5.56 Å². The number of aryl methyl sites for hydroxylation is 2. The first kappa shape index (κ1) is 17.5. The molecule has 3 aromatic rings. The van der Waals surface area contributed by atoms with Gasteiger partial charge in [-0.1, -0.05) is 30.3 Å². The highest BCUT2D eigenvalue weighted by Crippen LogP contribution is 2.23. The van der Waals surface area contributed by atoms with E-state index in [-0.39, 0.29) is 11.9 Å². The quantitative estimate of drug-likeness (QED) is 0.696. The molecule has 0 saturated carbocycles. The minimum absolute atomic E-state index is 0.155. The van der Waals surface area contributed by atoms with Gasteiger partial charge in [-0.2, -0.15) is 5.10 Å². The maximum atomic E-state index is 12.7. The lowest BCUT2D eigenvalue weighted by Gasteiger charge is -2.32. The van der Waals surface area contributed by atoms with Crippen molar-refractivity contribution in [3.63, 3.8) is 0 Å². The van der Waals surface area contributed by atoms with E-state index in [1.807, 2.05) is 40.9 Å². The molecule has 0 spiro atoms. The summed E-state index contributed by atoms with van der Waals surface area (Å²) in [5, 5.41) is 12.9. The van der Waals surface area contributed by atoms with Crippen molar-refractivity contribution in [2.45, 2.75) is 38.8 Å². The van der Waals surface area contributed by atoms with Crippen molar-refractivity contribution >= 4 is 5.91 Å². The molecular formula is C20H24N6O. The summed E-state index contributed by atoms with van der Waals surface area (Å²) in [7, 11) is 1.90.